The van der Waals surface area contributed by atoms with Crippen molar-refractivity contribution in [2.75, 3.05) is 6.61 Å². The Morgan fingerprint density at radius 2 is 1.76 bits per heavy atom. The van der Waals surface area contributed by atoms with E-state index in [1.807, 2.05) is 19.1 Å². The van der Waals surface area contributed by atoms with Crippen LogP contribution in [0.25, 0.3) is 32.9 Å². The number of carbonyl (C=O) groups excluding carboxylic acids is 1. The molecular formula is C28H24N2O7. The Balaban J connectivity index is 1.65. The van der Waals surface area contributed by atoms with Crippen LogP contribution in [0.15, 0.2) is 64.7 Å². The van der Waals surface area contributed by atoms with Crippen molar-refractivity contribution in [3.8, 4) is 16.9 Å². The maximum atomic E-state index is 13.6. The number of carbonyl (C=O) groups is 2. The SMILES string of the molecule is CC(=CCc1cccc2c(C(=O)c3oc(C(=O)O)c(-c4c(CO)[nH]c5ccccc45)c3O)c[nH]c12)CO. The molecule has 9 heteroatoms. The third-order valence-corrected chi connectivity index (χ3v) is 6.44. The second-order valence-corrected chi connectivity index (χ2v) is 8.76. The van der Waals surface area contributed by atoms with E-state index in [0.717, 1.165) is 11.1 Å². The van der Waals surface area contributed by atoms with Gasteiger partial charge in [0, 0.05) is 39.3 Å². The number of nitrogens with one attached hydrogen (secondary N) is 2. The lowest BCUT2D eigenvalue weighted by molar-refractivity contribution is 0.0661. The van der Waals surface area contributed by atoms with Gasteiger partial charge in [0.1, 0.15) is 0 Å². The van der Waals surface area contributed by atoms with Crippen LogP contribution in [-0.4, -0.2) is 48.8 Å². The summed E-state index contributed by atoms with van der Waals surface area (Å²) in [7, 11) is 0. The van der Waals surface area contributed by atoms with Gasteiger partial charge < -0.3 is 34.8 Å². The van der Waals surface area contributed by atoms with E-state index < -0.39 is 35.6 Å². The van der Waals surface area contributed by atoms with Crippen molar-refractivity contribution in [3.05, 3.63) is 88.7 Å². The van der Waals surface area contributed by atoms with E-state index in [9.17, 15) is 30.0 Å². The molecule has 188 valence electrons. The van der Waals surface area contributed by atoms with Crippen LogP contribution in [0.4, 0.5) is 0 Å². The van der Waals surface area contributed by atoms with Gasteiger partial charge in [-0.1, -0.05) is 48.0 Å². The van der Waals surface area contributed by atoms with Crippen LogP contribution < -0.4 is 0 Å². The molecule has 0 radical (unpaired) electrons. The predicted octanol–water partition coefficient (Wildman–Crippen LogP) is 4.52. The molecule has 3 aromatic heterocycles. The first-order chi connectivity index (χ1) is 17.8. The zero-order valence-electron chi connectivity index (χ0n) is 19.8. The molecule has 0 amide bonds. The molecule has 0 atom stereocenters. The van der Waals surface area contributed by atoms with Crippen molar-refractivity contribution >= 4 is 33.6 Å². The second-order valence-electron chi connectivity index (χ2n) is 8.76. The second kappa shape index (κ2) is 9.45. The van der Waals surface area contributed by atoms with Crippen LogP contribution in [0.5, 0.6) is 5.75 Å². The van der Waals surface area contributed by atoms with E-state index in [1.165, 1.54) is 6.20 Å². The lowest BCUT2D eigenvalue weighted by Gasteiger charge is -2.03. The Hall–Kier alpha value is -4.60. The zero-order valence-corrected chi connectivity index (χ0v) is 19.8. The average molecular weight is 501 g/mol. The fourth-order valence-electron chi connectivity index (χ4n) is 4.61. The maximum Gasteiger partial charge on any atom is 0.372 e. The van der Waals surface area contributed by atoms with Crippen molar-refractivity contribution in [2.24, 2.45) is 0 Å². The van der Waals surface area contributed by atoms with Crippen molar-refractivity contribution in [1.29, 1.82) is 0 Å². The summed E-state index contributed by atoms with van der Waals surface area (Å²) in [6.07, 6.45) is 3.91. The molecule has 9 nitrogen and oxygen atoms in total. The van der Waals surface area contributed by atoms with Gasteiger partial charge in [-0.25, -0.2) is 4.79 Å². The minimum Gasteiger partial charge on any atom is -0.504 e. The van der Waals surface area contributed by atoms with E-state index in [2.05, 4.69) is 9.97 Å². The number of allylic oxidation sites excluding steroid dienone is 1. The summed E-state index contributed by atoms with van der Waals surface area (Å²) in [6, 6.07) is 12.4. The Morgan fingerprint density at radius 1 is 1.00 bits per heavy atom. The largest absolute Gasteiger partial charge is 0.504 e. The number of aliphatic hydroxyl groups is 2. The monoisotopic (exact) mass is 500 g/mol. The van der Waals surface area contributed by atoms with E-state index in [4.69, 9.17) is 4.42 Å². The molecular weight excluding hydrogens is 476 g/mol. The van der Waals surface area contributed by atoms with Gasteiger partial charge in [0.15, 0.2) is 5.75 Å². The number of aromatic carboxylic acids is 1. The van der Waals surface area contributed by atoms with Crippen molar-refractivity contribution < 1.29 is 34.4 Å². The number of aliphatic hydroxyl groups excluding tert-OH is 2. The predicted molar refractivity (Wildman–Crippen MR) is 137 cm³/mol. The third-order valence-electron chi connectivity index (χ3n) is 6.44. The number of hydrogen-bond acceptors (Lipinski definition) is 6. The summed E-state index contributed by atoms with van der Waals surface area (Å²) in [6.45, 7) is 1.31. The number of benzene rings is 2. The summed E-state index contributed by atoms with van der Waals surface area (Å²) < 4.78 is 5.49. The first-order valence-electron chi connectivity index (χ1n) is 11.6. The van der Waals surface area contributed by atoms with Crippen LogP contribution in [0.2, 0.25) is 0 Å². The fraction of sp³-hybridized carbons (Fsp3) is 0.143. The third kappa shape index (κ3) is 4.00. The molecule has 5 aromatic rings. The zero-order chi connectivity index (χ0) is 26.3. The number of para-hydroxylation sites is 2. The summed E-state index contributed by atoms with van der Waals surface area (Å²) in [4.78, 5) is 31.8. The maximum absolute atomic E-state index is 13.6. The molecule has 0 saturated carbocycles. The number of furan rings is 1. The highest BCUT2D eigenvalue weighted by molar-refractivity contribution is 6.18. The number of fused-ring (bicyclic) bond motifs is 2. The highest BCUT2D eigenvalue weighted by Gasteiger charge is 2.33. The van der Waals surface area contributed by atoms with Crippen molar-refractivity contribution in [1.82, 2.24) is 9.97 Å². The van der Waals surface area contributed by atoms with E-state index in [0.29, 0.717) is 28.2 Å². The molecule has 0 unspecified atom stereocenters. The number of ketones is 1. The van der Waals surface area contributed by atoms with Gasteiger partial charge in [-0.05, 0) is 25.0 Å². The molecule has 37 heavy (non-hydrogen) atoms. The molecule has 0 aliphatic heterocycles. The van der Waals surface area contributed by atoms with Crippen LogP contribution in [0.1, 0.15) is 44.9 Å². The smallest absolute Gasteiger partial charge is 0.372 e. The van der Waals surface area contributed by atoms with Crippen LogP contribution in [-0.2, 0) is 13.0 Å². The number of hydrogen-bond donors (Lipinski definition) is 6. The molecule has 0 aliphatic carbocycles. The summed E-state index contributed by atoms with van der Waals surface area (Å²) in [5.41, 5.74) is 3.60. The molecule has 0 aliphatic rings. The van der Waals surface area contributed by atoms with Crippen LogP contribution in [0.3, 0.4) is 0 Å². The molecule has 0 fully saturated rings. The first-order valence-corrected chi connectivity index (χ1v) is 11.6. The highest BCUT2D eigenvalue weighted by Crippen LogP contribution is 2.44. The van der Waals surface area contributed by atoms with Crippen molar-refractivity contribution in [3.63, 3.8) is 0 Å². The van der Waals surface area contributed by atoms with Gasteiger partial charge in [0.05, 0.1) is 24.3 Å². The lowest BCUT2D eigenvalue weighted by Crippen LogP contribution is -1.99. The summed E-state index contributed by atoms with van der Waals surface area (Å²) >= 11 is 0. The molecule has 0 saturated heterocycles. The Morgan fingerprint density at radius 3 is 2.49 bits per heavy atom. The van der Waals surface area contributed by atoms with Gasteiger partial charge in [0.25, 0.3) is 0 Å². The van der Waals surface area contributed by atoms with Crippen LogP contribution in [0, 0.1) is 0 Å². The normalized spacial score (nSPS) is 12.0. The summed E-state index contributed by atoms with van der Waals surface area (Å²) in [5, 5.41) is 41.4. The number of H-pyrrole nitrogens is 2. The van der Waals surface area contributed by atoms with Crippen molar-refractivity contribution in [2.45, 2.75) is 20.0 Å². The average Bonchev–Trinajstić information content (AvgIpc) is 3.59. The molecule has 0 bridgehead atoms. The topological polar surface area (TPSA) is 160 Å². The minimum absolute atomic E-state index is 0.0507. The Kier molecular flexibility index (Phi) is 6.16. The fourth-order valence-corrected chi connectivity index (χ4v) is 4.61. The Bertz CT molecular complexity index is 1700. The van der Waals surface area contributed by atoms with Crippen LogP contribution >= 0.6 is 0 Å². The van der Waals surface area contributed by atoms with Gasteiger partial charge in [-0.2, -0.15) is 0 Å². The number of aromatic nitrogens is 2. The standard InChI is InChI=1S/C28H24N2O7/c1-14(12-31)9-10-15-5-4-7-16-18(11-29-23(15)16)24(33)27-25(34)22(26(37-27)28(35)36)21-17-6-2-3-8-19(17)30-20(21)13-32/h2-9,11,29-32,34H,10,12-13H2,1H3,(H,35,36). The Labute approximate surface area is 210 Å². The van der Waals surface area contributed by atoms with E-state index >= 15 is 0 Å². The van der Waals surface area contributed by atoms with E-state index in [1.54, 1.807) is 36.4 Å². The molecule has 3 heterocycles. The quantitative estimate of drug-likeness (QED) is 0.135. The number of carboxylic acid groups (broad SMARTS) is 1. The molecule has 0 spiro atoms. The van der Waals surface area contributed by atoms with Gasteiger partial charge in [-0.15, -0.1) is 0 Å². The minimum atomic E-state index is -1.47. The number of rotatable bonds is 8. The van der Waals surface area contributed by atoms with Gasteiger partial charge >= 0.3 is 5.97 Å². The highest BCUT2D eigenvalue weighted by atomic mass is 16.4. The van der Waals surface area contributed by atoms with E-state index in [-0.39, 0.29) is 29.0 Å². The molecule has 5 rings (SSSR count). The first kappa shape index (κ1) is 24.1. The lowest BCUT2D eigenvalue weighted by atomic mass is 9.99. The van der Waals surface area contributed by atoms with Gasteiger partial charge in [0.2, 0.25) is 17.3 Å². The van der Waals surface area contributed by atoms with Gasteiger partial charge in [-0.3, -0.25) is 4.79 Å². The summed E-state index contributed by atoms with van der Waals surface area (Å²) in [5.74, 6) is -3.89. The number of carboxylic acids is 1. The number of aromatic amines is 2. The number of aromatic hydroxyl groups is 1. The molecule has 6 N–H and O–H groups in total. The molecule has 2 aromatic carbocycles.